The third kappa shape index (κ3) is 8.77. The summed E-state index contributed by atoms with van der Waals surface area (Å²) in [5.74, 6) is 8.61. The number of amides is 2. The zero-order valence-corrected chi connectivity index (χ0v) is 32.6. The number of hydrogen-bond donors (Lipinski definition) is 3. The lowest BCUT2D eigenvalue weighted by atomic mass is 10.0. The average Bonchev–Trinajstić information content (AvgIpc) is 3.99. The zero-order valence-electron chi connectivity index (χ0n) is 32.6. The first-order valence-corrected chi connectivity index (χ1v) is 19.0. The number of aromatic amines is 2. The summed E-state index contributed by atoms with van der Waals surface area (Å²) < 4.78 is 4.96. The normalized spacial score (nSPS) is 18.4. The van der Waals surface area contributed by atoms with E-state index in [1.54, 1.807) is 7.11 Å². The van der Waals surface area contributed by atoms with Crippen LogP contribution in [0.1, 0.15) is 88.2 Å². The van der Waals surface area contributed by atoms with Crippen molar-refractivity contribution >= 4 is 11.8 Å². The summed E-state index contributed by atoms with van der Waals surface area (Å²) in [6, 6.07) is 15.4. The van der Waals surface area contributed by atoms with Gasteiger partial charge in [0.25, 0.3) is 0 Å². The van der Waals surface area contributed by atoms with Crippen LogP contribution in [0.25, 0.3) is 22.5 Å². The van der Waals surface area contributed by atoms with E-state index in [0.717, 1.165) is 77.5 Å². The predicted molar refractivity (Wildman–Crippen MR) is 208 cm³/mol. The first-order chi connectivity index (χ1) is 26.0. The topological polar surface area (TPSA) is 132 Å². The van der Waals surface area contributed by atoms with Crippen molar-refractivity contribution in [3.8, 4) is 34.4 Å². The maximum absolute atomic E-state index is 13.5. The van der Waals surface area contributed by atoms with E-state index in [2.05, 4.69) is 41.1 Å². The molecule has 0 saturated carbocycles. The molecule has 2 aromatic heterocycles. The number of imidazole rings is 2. The van der Waals surface area contributed by atoms with Crippen LogP contribution in [-0.2, 0) is 19.2 Å². The van der Waals surface area contributed by atoms with Crippen LogP contribution in [-0.4, -0.2) is 99.6 Å². The van der Waals surface area contributed by atoms with Gasteiger partial charge in [-0.1, -0.05) is 63.8 Å². The average molecular weight is 735 g/mol. The number of hydroxylamine groups is 1. The van der Waals surface area contributed by atoms with Crippen molar-refractivity contribution in [2.45, 2.75) is 77.5 Å². The summed E-state index contributed by atoms with van der Waals surface area (Å²) in [6.45, 7) is 9.68. The van der Waals surface area contributed by atoms with Crippen LogP contribution in [0.5, 0.6) is 0 Å². The van der Waals surface area contributed by atoms with Gasteiger partial charge in [0.1, 0.15) is 17.7 Å². The molecule has 2 amide bonds. The molecular weight excluding hydrogens is 681 g/mol. The van der Waals surface area contributed by atoms with E-state index in [1.807, 2.05) is 104 Å². The number of nitrogens with one attached hydrogen (secondary N) is 3. The van der Waals surface area contributed by atoms with Crippen LogP contribution in [0, 0.1) is 23.7 Å². The van der Waals surface area contributed by atoms with Gasteiger partial charge in [0.05, 0.1) is 41.9 Å². The monoisotopic (exact) mass is 734 g/mol. The van der Waals surface area contributed by atoms with Gasteiger partial charge in [-0.2, -0.15) is 5.48 Å². The highest BCUT2D eigenvalue weighted by molar-refractivity contribution is 5.83. The molecule has 12 heteroatoms. The van der Waals surface area contributed by atoms with Crippen molar-refractivity contribution in [1.82, 2.24) is 40.1 Å². The SMILES string of the molecule is COCON[C@H](C(=O)N1CCC[C@H]1c1ncc(-c2ccc(C#Cc3ccc(-c4cnc([C@@H]5CCCN5C(=O)[C@H](C(C)C)N(C)C)[nH]4)cc3)cc2)[nH]1)C(C)C. The fourth-order valence-electron chi connectivity index (χ4n) is 7.65. The Morgan fingerprint density at radius 3 is 1.70 bits per heavy atom. The van der Waals surface area contributed by atoms with E-state index in [0.29, 0.717) is 6.54 Å². The number of aromatic nitrogens is 4. The highest BCUT2D eigenvalue weighted by Gasteiger charge is 2.38. The van der Waals surface area contributed by atoms with Crippen molar-refractivity contribution in [2.75, 3.05) is 41.1 Å². The van der Waals surface area contributed by atoms with Crippen molar-refractivity contribution in [3.63, 3.8) is 0 Å². The van der Waals surface area contributed by atoms with Crippen LogP contribution in [0.3, 0.4) is 0 Å². The molecule has 6 rings (SSSR count). The molecule has 54 heavy (non-hydrogen) atoms. The summed E-state index contributed by atoms with van der Waals surface area (Å²) in [4.78, 5) is 54.7. The Kier molecular flexibility index (Phi) is 12.7. The maximum Gasteiger partial charge on any atom is 0.242 e. The molecule has 3 N–H and O–H groups in total. The van der Waals surface area contributed by atoms with Crippen molar-refractivity contribution in [1.29, 1.82) is 0 Å². The molecule has 2 saturated heterocycles. The number of likely N-dealkylation sites (tertiary alicyclic amines) is 2. The molecular formula is C42H54N8O4. The second-order valence-corrected chi connectivity index (χ2v) is 15.2. The Balaban J connectivity index is 1.07. The van der Waals surface area contributed by atoms with Crippen LogP contribution < -0.4 is 5.48 Å². The molecule has 4 atom stereocenters. The number of ether oxygens (including phenoxy) is 1. The van der Waals surface area contributed by atoms with Crippen LogP contribution >= 0.6 is 0 Å². The number of carbonyl (C=O) groups is 2. The Bertz CT molecular complexity index is 1910. The highest BCUT2D eigenvalue weighted by Crippen LogP contribution is 2.34. The molecule has 0 unspecified atom stereocenters. The summed E-state index contributed by atoms with van der Waals surface area (Å²) in [7, 11) is 5.49. The quantitative estimate of drug-likeness (QED) is 0.0667. The molecule has 2 aliphatic heterocycles. The first kappa shape index (κ1) is 38.9. The standard InChI is InChI=1S/C42H54N8O4/c1-27(2)37(47-54-26-53-7)41(51)49-22-8-10-35(49)39-43-24-33(45-39)31-18-14-29(15-19-31)12-13-30-16-20-32(21-17-30)34-25-44-40(46-34)36-11-9-23-50(36)42(52)38(28(3)4)48(5)6/h14-21,24-25,27-28,35-38,47H,8-11,22-23,26H2,1-7H3,(H,43,45)(H,44,46)/t35-,36-,37-,38-/m0/s1. The van der Waals surface area contributed by atoms with E-state index in [1.165, 1.54) is 0 Å². The summed E-state index contributed by atoms with van der Waals surface area (Å²) in [6.07, 6.45) is 7.32. The molecule has 2 fully saturated rings. The number of rotatable bonds is 13. The molecule has 4 heterocycles. The van der Waals surface area contributed by atoms with Gasteiger partial charge in [-0.25, -0.2) is 9.97 Å². The molecule has 12 nitrogen and oxygen atoms in total. The number of benzene rings is 2. The number of carbonyl (C=O) groups excluding carboxylic acids is 2. The molecule has 286 valence electrons. The fraction of sp³-hybridized carbons (Fsp3) is 0.476. The minimum absolute atomic E-state index is 0.00449. The Morgan fingerprint density at radius 1 is 0.796 bits per heavy atom. The third-order valence-corrected chi connectivity index (χ3v) is 10.4. The molecule has 2 aromatic carbocycles. The van der Waals surface area contributed by atoms with Crippen molar-refractivity contribution in [2.24, 2.45) is 11.8 Å². The van der Waals surface area contributed by atoms with E-state index in [4.69, 9.17) is 19.5 Å². The van der Waals surface area contributed by atoms with Gasteiger partial charge in [0, 0.05) is 31.3 Å². The largest absolute Gasteiger partial charge is 0.357 e. The number of hydrogen-bond acceptors (Lipinski definition) is 8. The first-order valence-electron chi connectivity index (χ1n) is 19.0. The van der Waals surface area contributed by atoms with Gasteiger partial charge in [-0.15, -0.1) is 0 Å². The Labute approximate surface area is 319 Å². The molecule has 0 radical (unpaired) electrons. The second kappa shape index (κ2) is 17.6. The van der Waals surface area contributed by atoms with E-state index in [9.17, 15) is 9.59 Å². The van der Waals surface area contributed by atoms with Crippen molar-refractivity contribution in [3.05, 3.63) is 83.7 Å². The summed E-state index contributed by atoms with van der Waals surface area (Å²) in [5.41, 5.74) is 8.53. The van der Waals surface area contributed by atoms with Crippen LogP contribution in [0.4, 0.5) is 0 Å². The Morgan fingerprint density at radius 2 is 1.28 bits per heavy atom. The summed E-state index contributed by atoms with van der Waals surface area (Å²) >= 11 is 0. The molecule has 0 bridgehead atoms. The lowest BCUT2D eigenvalue weighted by molar-refractivity contribution is -0.147. The molecule has 0 spiro atoms. The van der Waals surface area contributed by atoms with Gasteiger partial charge < -0.3 is 24.5 Å². The number of likely N-dealkylation sites (N-methyl/N-ethyl adjacent to an activating group) is 1. The summed E-state index contributed by atoms with van der Waals surface area (Å²) in [5, 5.41) is 0. The van der Waals surface area contributed by atoms with E-state index < -0.39 is 6.04 Å². The van der Waals surface area contributed by atoms with Crippen LogP contribution in [0.2, 0.25) is 0 Å². The van der Waals surface area contributed by atoms with E-state index >= 15 is 0 Å². The number of nitrogens with zero attached hydrogens (tertiary/aromatic N) is 5. The minimum Gasteiger partial charge on any atom is -0.357 e. The predicted octanol–water partition coefficient (Wildman–Crippen LogP) is 5.93. The zero-order chi connectivity index (χ0) is 38.4. The fourth-order valence-corrected chi connectivity index (χ4v) is 7.65. The molecule has 0 aliphatic carbocycles. The molecule has 2 aliphatic rings. The van der Waals surface area contributed by atoms with Gasteiger partial charge in [0.15, 0.2) is 6.79 Å². The Hall–Kier alpha value is -4.80. The minimum atomic E-state index is -0.482. The third-order valence-electron chi connectivity index (χ3n) is 10.4. The molecule has 4 aromatic rings. The lowest BCUT2D eigenvalue weighted by Gasteiger charge is -2.33. The smallest absolute Gasteiger partial charge is 0.242 e. The van der Waals surface area contributed by atoms with Crippen molar-refractivity contribution < 1.29 is 19.2 Å². The lowest BCUT2D eigenvalue weighted by Crippen LogP contribution is -2.49. The highest BCUT2D eigenvalue weighted by atomic mass is 16.7. The van der Waals surface area contributed by atoms with Gasteiger partial charge in [-0.05, 0) is 87.0 Å². The second-order valence-electron chi connectivity index (χ2n) is 15.2. The van der Waals surface area contributed by atoms with Crippen LogP contribution in [0.15, 0.2) is 60.9 Å². The maximum atomic E-state index is 13.5. The number of methoxy groups -OCH3 is 1. The van der Waals surface area contributed by atoms with Gasteiger partial charge in [-0.3, -0.25) is 19.3 Å². The van der Waals surface area contributed by atoms with E-state index in [-0.39, 0.29) is 48.6 Å². The number of H-pyrrole nitrogens is 2. The van der Waals surface area contributed by atoms with Gasteiger partial charge in [0.2, 0.25) is 11.8 Å². The van der Waals surface area contributed by atoms with Gasteiger partial charge >= 0.3 is 0 Å².